The van der Waals surface area contributed by atoms with Crippen LogP contribution in [-0.4, -0.2) is 46.2 Å². The number of nitrogens with zero attached hydrogens (tertiary/aromatic N) is 3. The highest BCUT2D eigenvalue weighted by molar-refractivity contribution is 7.97. The van der Waals surface area contributed by atoms with Crippen LogP contribution < -0.4 is 5.73 Å². The van der Waals surface area contributed by atoms with Crippen molar-refractivity contribution in [2.24, 2.45) is 5.73 Å². The number of imidazole rings is 1. The molecule has 158 valence electrons. The van der Waals surface area contributed by atoms with Gasteiger partial charge >= 0.3 is 0 Å². The molecule has 1 heterocycles. The highest BCUT2D eigenvalue weighted by Crippen LogP contribution is 2.19. The van der Waals surface area contributed by atoms with Gasteiger partial charge in [-0.15, -0.1) is 24.8 Å². The van der Waals surface area contributed by atoms with E-state index in [9.17, 15) is 4.79 Å². The van der Waals surface area contributed by atoms with Crippen LogP contribution in [0.3, 0.4) is 0 Å². The largest absolute Gasteiger partial charge is 0.340 e. The Balaban J connectivity index is 0.00000210. The van der Waals surface area contributed by atoms with E-state index in [1.165, 1.54) is 5.56 Å². The van der Waals surface area contributed by atoms with Crippen molar-refractivity contribution in [2.45, 2.75) is 18.7 Å². The third-order valence-corrected chi connectivity index (χ3v) is 5.11. The van der Waals surface area contributed by atoms with Crippen LogP contribution in [0, 0.1) is 0 Å². The molecule has 1 amide bonds. The van der Waals surface area contributed by atoms with Crippen LogP contribution in [-0.2, 0) is 23.5 Å². The number of aromatic nitrogens is 2. The number of thioether (sulfide) groups is 1. The van der Waals surface area contributed by atoms with Crippen molar-refractivity contribution in [3.8, 4) is 0 Å². The van der Waals surface area contributed by atoms with Crippen LogP contribution in [0.25, 0.3) is 11.0 Å². The molecule has 0 aliphatic heterocycles. The lowest BCUT2D eigenvalue weighted by molar-refractivity contribution is -0.131. The summed E-state index contributed by atoms with van der Waals surface area (Å²) in [5.74, 6) is 1.80. The fourth-order valence-electron chi connectivity index (χ4n) is 3.20. The van der Waals surface area contributed by atoms with Gasteiger partial charge in [0.25, 0.3) is 0 Å². The first kappa shape index (κ1) is 25.3. The zero-order chi connectivity index (χ0) is 19.1. The molecular weight excluding hydrogens is 427 g/mol. The highest BCUT2D eigenvalue weighted by Gasteiger charge is 2.17. The van der Waals surface area contributed by atoms with Gasteiger partial charge in [0.05, 0.1) is 16.8 Å². The first-order chi connectivity index (χ1) is 13.2. The number of hydrogen-bond acceptors (Lipinski definition) is 4. The molecule has 29 heavy (non-hydrogen) atoms. The second-order valence-electron chi connectivity index (χ2n) is 6.44. The predicted octanol–water partition coefficient (Wildman–Crippen LogP) is 3.77. The van der Waals surface area contributed by atoms with Gasteiger partial charge in [-0.05, 0) is 30.4 Å². The standard InChI is InChI=1S/C21H26N4OS.2ClH/c1-27-16-20-23-18-9-5-6-10-19(18)25(20)15-21(26)24(14-12-22)13-11-17-7-3-2-4-8-17;;/h2-10H,11-16,22H2,1H3;2*1H. The Morgan fingerprint density at radius 2 is 1.76 bits per heavy atom. The fourth-order valence-corrected chi connectivity index (χ4v) is 3.68. The number of fused-ring (bicyclic) bond motifs is 1. The number of carbonyl (C=O) groups excluding carboxylic acids is 1. The summed E-state index contributed by atoms with van der Waals surface area (Å²) in [6.07, 6.45) is 2.88. The maximum Gasteiger partial charge on any atom is 0.242 e. The van der Waals surface area contributed by atoms with Gasteiger partial charge in [0.15, 0.2) is 0 Å². The highest BCUT2D eigenvalue weighted by atomic mass is 35.5. The van der Waals surface area contributed by atoms with E-state index in [-0.39, 0.29) is 30.7 Å². The van der Waals surface area contributed by atoms with E-state index < -0.39 is 0 Å². The normalized spacial score (nSPS) is 10.3. The van der Waals surface area contributed by atoms with Gasteiger partial charge in [-0.3, -0.25) is 4.79 Å². The summed E-state index contributed by atoms with van der Waals surface area (Å²) in [4.78, 5) is 19.6. The maximum absolute atomic E-state index is 13.0. The monoisotopic (exact) mass is 454 g/mol. The zero-order valence-corrected chi connectivity index (χ0v) is 18.9. The van der Waals surface area contributed by atoms with E-state index in [1.54, 1.807) is 11.8 Å². The Kier molecular flexibility index (Phi) is 11.1. The van der Waals surface area contributed by atoms with Gasteiger partial charge in [0.2, 0.25) is 5.91 Å². The second kappa shape index (κ2) is 12.8. The fraction of sp³-hybridized carbons (Fsp3) is 0.333. The average Bonchev–Trinajstić information content (AvgIpc) is 3.03. The number of nitrogens with two attached hydrogens (primary N) is 1. The molecule has 0 aliphatic rings. The maximum atomic E-state index is 13.0. The van der Waals surface area contributed by atoms with Crippen LogP contribution in [0.15, 0.2) is 54.6 Å². The van der Waals surface area contributed by atoms with Gasteiger partial charge in [-0.2, -0.15) is 11.8 Å². The molecule has 2 aromatic carbocycles. The second-order valence-corrected chi connectivity index (χ2v) is 7.31. The van der Waals surface area contributed by atoms with Crippen LogP contribution in [0.1, 0.15) is 11.4 Å². The molecule has 5 nitrogen and oxygen atoms in total. The van der Waals surface area contributed by atoms with Crippen molar-refractivity contribution in [1.29, 1.82) is 0 Å². The van der Waals surface area contributed by atoms with Crippen molar-refractivity contribution in [1.82, 2.24) is 14.5 Å². The molecule has 0 fully saturated rings. The van der Waals surface area contributed by atoms with E-state index in [2.05, 4.69) is 12.1 Å². The SMILES string of the molecule is CSCc1nc2ccccc2n1CC(=O)N(CCN)CCc1ccccc1.Cl.Cl. The van der Waals surface area contributed by atoms with Crippen molar-refractivity contribution < 1.29 is 4.79 Å². The predicted molar refractivity (Wildman–Crippen MR) is 127 cm³/mol. The summed E-state index contributed by atoms with van der Waals surface area (Å²) < 4.78 is 2.04. The molecule has 1 aromatic heterocycles. The van der Waals surface area contributed by atoms with Crippen molar-refractivity contribution in [3.05, 3.63) is 66.0 Å². The molecule has 0 unspecified atom stereocenters. The minimum Gasteiger partial charge on any atom is -0.340 e. The quantitative estimate of drug-likeness (QED) is 0.534. The molecule has 0 saturated heterocycles. The molecule has 0 atom stereocenters. The smallest absolute Gasteiger partial charge is 0.242 e. The number of rotatable bonds is 9. The molecule has 0 radical (unpaired) electrons. The van der Waals surface area contributed by atoms with E-state index in [0.717, 1.165) is 29.0 Å². The van der Waals surface area contributed by atoms with Gasteiger partial charge in [0, 0.05) is 19.6 Å². The van der Waals surface area contributed by atoms with Crippen LogP contribution in [0.4, 0.5) is 0 Å². The van der Waals surface area contributed by atoms with Crippen LogP contribution in [0.5, 0.6) is 0 Å². The Bertz CT molecular complexity index is 889. The lowest BCUT2D eigenvalue weighted by Crippen LogP contribution is -2.39. The summed E-state index contributed by atoms with van der Waals surface area (Å²) in [6.45, 7) is 1.99. The van der Waals surface area contributed by atoms with E-state index in [4.69, 9.17) is 10.7 Å². The molecule has 8 heteroatoms. The summed E-state index contributed by atoms with van der Waals surface area (Å²) >= 11 is 1.71. The molecule has 3 rings (SSSR count). The number of amides is 1. The third kappa shape index (κ3) is 6.64. The van der Waals surface area contributed by atoms with Crippen molar-refractivity contribution >= 4 is 53.5 Å². The number of para-hydroxylation sites is 2. The number of carbonyl (C=O) groups is 1. The van der Waals surface area contributed by atoms with E-state index >= 15 is 0 Å². The van der Waals surface area contributed by atoms with E-state index in [1.807, 2.05) is 58.2 Å². The lowest BCUT2D eigenvalue weighted by atomic mass is 10.1. The molecule has 3 aromatic rings. The van der Waals surface area contributed by atoms with Crippen LogP contribution in [0.2, 0.25) is 0 Å². The summed E-state index contributed by atoms with van der Waals surface area (Å²) in [6, 6.07) is 18.2. The summed E-state index contributed by atoms with van der Waals surface area (Å²) in [7, 11) is 0. The van der Waals surface area contributed by atoms with Crippen molar-refractivity contribution in [3.63, 3.8) is 0 Å². The summed E-state index contributed by atoms with van der Waals surface area (Å²) in [5.41, 5.74) is 8.93. The number of hydrogen-bond donors (Lipinski definition) is 1. The Morgan fingerprint density at radius 3 is 2.45 bits per heavy atom. The van der Waals surface area contributed by atoms with E-state index in [0.29, 0.717) is 26.2 Å². The minimum absolute atomic E-state index is 0. The topological polar surface area (TPSA) is 64.2 Å². The summed E-state index contributed by atoms with van der Waals surface area (Å²) in [5, 5.41) is 0. The molecular formula is C21H28Cl2N4OS. The molecule has 0 bridgehead atoms. The van der Waals surface area contributed by atoms with Crippen molar-refractivity contribution in [2.75, 3.05) is 25.9 Å². The minimum atomic E-state index is 0. The van der Waals surface area contributed by atoms with Crippen LogP contribution >= 0.6 is 36.6 Å². The number of halogens is 2. The van der Waals surface area contributed by atoms with Gasteiger partial charge < -0.3 is 15.2 Å². The molecule has 0 saturated carbocycles. The third-order valence-electron chi connectivity index (χ3n) is 4.57. The molecule has 2 N–H and O–H groups in total. The van der Waals surface area contributed by atoms with Gasteiger partial charge in [-0.25, -0.2) is 4.98 Å². The molecule has 0 spiro atoms. The Morgan fingerprint density at radius 1 is 1.07 bits per heavy atom. The Hall–Kier alpha value is -1.73. The van der Waals surface area contributed by atoms with Gasteiger partial charge in [-0.1, -0.05) is 42.5 Å². The van der Waals surface area contributed by atoms with Gasteiger partial charge in [0.1, 0.15) is 12.4 Å². The average molecular weight is 455 g/mol. The number of benzene rings is 2. The molecule has 0 aliphatic carbocycles. The zero-order valence-electron chi connectivity index (χ0n) is 16.5. The first-order valence-corrected chi connectivity index (χ1v) is 10.6. The Labute approximate surface area is 188 Å². The lowest BCUT2D eigenvalue weighted by Gasteiger charge is -2.23. The first-order valence-electron chi connectivity index (χ1n) is 9.17.